The summed E-state index contributed by atoms with van der Waals surface area (Å²) in [6.45, 7) is 2.76. The van der Waals surface area contributed by atoms with Gasteiger partial charge in [-0.1, -0.05) is 0 Å². The molecule has 1 aromatic rings. The lowest BCUT2D eigenvalue weighted by Crippen LogP contribution is -2.43. The summed E-state index contributed by atoms with van der Waals surface area (Å²) < 4.78 is 1.48. The highest BCUT2D eigenvalue weighted by atomic mass is 16.2. The summed E-state index contributed by atoms with van der Waals surface area (Å²) in [5, 5.41) is 9.02. The molecule has 8 nitrogen and oxygen atoms in total. The van der Waals surface area contributed by atoms with Crippen molar-refractivity contribution in [3.8, 4) is 0 Å². The van der Waals surface area contributed by atoms with Gasteiger partial charge < -0.3 is 26.3 Å². The van der Waals surface area contributed by atoms with E-state index in [4.69, 9.17) is 5.73 Å². The fraction of sp³-hybridized carbons (Fsp3) is 0.462. The first-order valence-corrected chi connectivity index (χ1v) is 6.85. The Bertz CT molecular complexity index is 563. The van der Waals surface area contributed by atoms with Crippen molar-refractivity contribution < 1.29 is 9.59 Å². The number of guanidine groups is 1. The van der Waals surface area contributed by atoms with Crippen LogP contribution in [0.1, 0.15) is 27.4 Å². The summed E-state index contributed by atoms with van der Waals surface area (Å²) in [5.41, 5.74) is 5.92. The third-order valence-corrected chi connectivity index (χ3v) is 3.21. The minimum absolute atomic E-state index is 0.245. The highest BCUT2D eigenvalue weighted by Crippen LogP contribution is 2.06. The Labute approximate surface area is 122 Å². The van der Waals surface area contributed by atoms with Crippen molar-refractivity contribution in [3.05, 3.63) is 23.5 Å². The Morgan fingerprint density at radius 1 is 1.38 bits per heavy atom. The van der Waals surface area contributed by atoms with Crippen molar-refractivity contribution in [1.82, 2.24) is 20.5 Å². The van der Waals surface area contributed by atoms with Gasteiger partial charge in [0.1, 0.15) is 11.4 Å². The fourth-order valence-corrected chi connectivity index (χ4v) is 2.09. The van der Waals surface area contributed by atoms with Gasteiger partial charge in [0, 0.05) is 33.2 Å². The normalized spacial score (nSPS) is 14.0. The molecule has 114 valence electrons. The Balaban J connectivity index is 1.79. The molecule has 0 bridgehead atoms. The zero-order chi connectivity index (χ0) is 15.2. The monoisotopic (exact) mass is 292 g/mol. The Morgan fingerprint density at radius 3 is 2.76 bits per heavy atom. The molecule has 0 fully saturated rings. The van der Waals surface area contributed by atoms with Gasteiger partial charge in [-0.15, -0.1) is 0 Å². The summed E-state index contributed by atoms with van der Waals surface area (Å²) in [6, 6.07) is 3.12. The number of aliphatic imine (C=N–C) groups is 1. The van der Waals surface area contributed by atoms with Gasteiger partial charge >= 0.3 is 0 Å². The number of nitrogens with two attached hydrogens (primary N) is 1. The van der Waals surface area contributed by atoms with Crippen LogP contribution in [0, 0.1) is 0 Å². The molecular weight excluding hydrogens is 272 g/mol. The van der Waals surface area contributed by atoms with Crippen LogP contribution in [0.25, 0.3) is 0 Å². The molecule has 0 saturated heterocycles. The van der Waals surface area contributed by atoms with Gasteiger partial charge in [0.25, 0.3) is 11.8 Å². The van der Waals surface area contributed by atoms with E-state index in [9.17, 15) is 9.59 Å². The van der Waals surface area contributed by atoms with Crippen molar-refractivity contribution in [2.24, 2.45) is 17.8 Å². The first-order chi connectivity index (χ1) is 10.1. The van der Waals surface area contributed by atoms with Crippen molar-refractivity contribution >= 4 is 17.8 Å². The highest BCUT2D eigenvalue weighted by Gasteiger charge is 2.14. The van der Waals surface area contributed by atoms with Gasteiger partial charge in [-0.05, 0) is 18.6 Å². The lowest BCUT2D eigenvalue weighted by Gasteiger charge is -2.16. The number of aromatic nitrogens is 1. The minimum Gasteiger partial charge on any atom is -0.364 e. The molecule has 2 rings (SSSR count). The summed E-state index contributed by atoms with van der Waals surface area (Å²) >= 11 is 0. The molecule has 0 spiro atoms. The molecule has 8 heteroatoms. The van der Waals surface area contributed by atoms with E-state index in [1.807, 2.05) is 0 Å². The molecule has 0 aromatic carbocycles. The number of amides is 2. The summed E-state index contributed by atoms with van der Waals surface area (Å²) in [6.07, 6.45) is 1.04. The maximum Gasteiger partial charge on any atom is 0.267 e. The SMILES string of the molecule is Cn1c(C(N)=O)ccc1C(=O)NCCNC1=NCCCN1. The number of hydrogen-bond donors (Lipinski definition) is 4. The van der Waals surface area contributed by atoms with E-state index >= 15 is 0 Å². The number of nitrogens with zero attached hydrogens (tertiary/aromatic N) is 2. The summed E-state index contributed by atoms with van der Waals surface area (Å²) in [7, 11) is 1.63. The van der Waals surface area contributed by atoms with Crippen molar-refractivity contribution in [1.29, 1.82) is 0 Å². The molecule has 1 aliphatic rings. The quantitative estimate of drug-likeness (QED) is 0.510. The number of carbonyl (C=O) groups is 2. The molecular formula is C13H20N6O2. The second-order valence-electron chi connectivity index (χ2n) is 4.72. The first kappa shape index (κ1) is 14.9. The zero-order valence-electron chi connectivity index (χ0n) is 12.0. The van der Waals surface area contributed by atoms with E-state index in [0.717, 1.165) is 25.5 Å². The molecule has 1 aromatic heterocycles. The van der Waals surface area contributed by atoms with Crippen molar-refractivity contribution in [3.63, 3.8) is 0 Å². The molecule has 0 aliphatic carbocycles. The predicted octanol–water partition coefficient (Wildman–Crippen LogP) is -1.21. The zero-order valence-corrected chi connectivity index (χ0v) is 12.0. The smallest absolute Gasteiger partial charge is 0.267 e. The Morgan fingerprint density at radius 2 is 2.14 bits per heavy atom. The largest absolute Gasteiger partial charge is 0.364 e. The molecule has 0 unspecified atom stereocenters. The molecule has 21 heavy (non-hydrogen) atoms. The lowest BCUT2D eigenvalue weighted by molar-refractivity contribution is 0.0945. The van der Waals surface area contributed by atoms with Crippen LogP contribution in [0.4, 0.5) is 0 Å². The van der Waals surface area contributed by atoms with Gasteiger partial charge in [0.2, 0.25) is 0 Å². The first-order valence-electron chi connectivity index (χ1n) is 6.85. The maximum absolute atomic E-state index is 12.0. The fourth-order valence-electron chi connectivity index (χ4n) is 2.09. The van der Waals surface area contributed by atoms with Gasteiger partial charge in [0.15, 0.2) is 5.96 Å². The third-order valence-electron chi connectivity index (χ3n) is 3.21. The van der Waals surface area contributed by atoms with Crippen LogP contribution < -0.4 is 21.7 Å². The standard InChI is InChI=1S/C13H20N6O2/c1-19-9(11(14)20)3-4-10(19)12(21)15-7-8-18-13-16-5-2-6-17-13/h3-4H,2,5-8H2,1H3,(H2,14,20)(H,15,21)(H2,16,17,18). The van der Waals surface area contributed by atoms with Crippen LogP contribution >= 0.6 is 0 Å². The second kappa shape index (κ2) is 6.78. The molecule has 2 amide bonds. The number of hydrogen-bond acceptors (Lipinski definition) is 5. The molecule has 0 saturated carbocycles. The number of primary amides is 1. The van der Waals surface area contributed by atoms with E-state index < -0.39 is 5.91 Å². The van der Waals surface area contributed by atoms with E-state index in [1.54, 1.807) is 13.1 Å². The Hall–Kier alpha value is -2.51. The average molecular weight is 292 g/mol. The van der Waals surface area contributed by atoms with Crippen molar-refractivity contribution in [2.45, 2.75) is 6.42 Å². The van der Waals surface area contributed by atoms with E-state index in [0.29, 0.717) is 24.5 Å². The van der Waals surface area contributed by atoms with Gasteiger partial charge in [-0.25, -0.2) is 0 Å². The number of nitrogens with one attached hydrogen (secondary N) is 3. The summed E-state index contributed by atoms with van der Waals surface area (Å²) in [5.74, 6) is -0.0321. The van der Waals surface area contributed by atoms with Crippen LogP contribution in [0.2, 0.25) is 0 Å². The van der Waals surface area contributed by atoms with Crippen molar-refractivity contribution in [2.75, 3.05) is 26.2 Å². The lowest BCUT2D eigenvalue weighted by atomic mass is 10.4. The highest BCUT2D eigenvalue weighted by molar-refractivity contribution is 5.97. The second-order valence-corrected chi connectivity index (χ2v) is 4.72. The van der Waals surface area contributed by atoms with Crippen LogP contribution in [-0.4, -0.2) is 48.5 Å². The van der Waals surface area contributed by atoms with Gasteiger partial charge in [0.05, 0.1) is 0 Å². The number of carbonyl (C=O) groups excluding carboxylic acids is 2. The molecule has 1 aliphatic heterocycles. The van der Waals surface area contributed by atoms with Crippen LogP contribution in [0.3, 0.4) is 0 Å². The molecule has 5 N–H and O–H groups in total. The van der Waals surface area contributed by atoms with E-state index in [1.165, 1.54) is 10.6 Å². The third kappa shape index (κ3) is 3.74. The predicted molar refractivity (Wildman–Crippen MR) is 79.2 cm³/mol. The van der Waals surface area contributed by atoms with Gasteiger partial charge in [-0.2, -0.15) is 0 Å². The van der Waals surface area contributed by atoms with Crippen LogP contribution in [0.15, 0.2) is 17.1 Å². The van der Waals surface area contributed by atoms with Crippen LogP contribution in [-0.2, 0) is 7.05 Å². The summed E-state index contributed by atoms with van der Waals surface area (Å²) in [4.78, 5) is 27.4. The van der Waals surface area contributed by atoms with E-state index in [2.05, 4.69) is 20.9 Å². The Kier molecular flexibility index (Phi) is 4.81. The molecule has 2 heterocycles. The molecule has 0 radical (unpaired) electrons. The van der Waals surface area contributed by atoms with Gasteiger partial charge in [-0.3, -0.25) is 14.6 Å². The molecule has 0 atom stereocenters. The van der Waals surface area contributed by atoms with Crippen LogP contribution in [0.5, 0.6) is 0 Å². The topological polar surface area (TPSA) is 114 Å². The average Bonchev–Trinajstić information content (AvgIpc) is 2.86. The van der Waals surface area contributed by atoms with E-state index in [-0.39, 0.29) is 5.91 Å². The number of rotatable bonds is 5. The minimum atomic E-state index is -0.556. The maximum atomic E-state index is 12.0.